The number of nitriles is 2. The number of hydrogen-bond donors (Lipinski definition) is 0. The maximum atomic E-state index is 8.88. The van der Waals surface area contributed by atoms with Crippen LogP contribution in [0.1, 0.15) is 5.56 Å². The van der Waals surface area contributed by atoms with Crippen LogP contribution in [0.4, 0.5) is 5.69 Å². The van der Waals surface area contributed by atoms with Gasteiger partial charge in [0, 0.05) is 13.6 Å². The summed E-state index contributed by atoms with van der Waals surface area (Å²) in [6.45, 7) is 0.400. The second-order valence-electron chi connectivity index (χ2n) is 3.11. The highest BCUT2D eigenvalue weighted by Gasteiger charge is 2.10. The zero-order valence-electron chi connectivity index (χ0n) is 8.31. The van der Waals surface area contributed by atoms with Gasteiger partial charge >= 0.3 is 0 Å². The highest BCUT2D eigenvalue weighted by molar-refractivity contribution is 6.22. The molecule has 1 atom stereocenters. The van der Waals surface area contributed by atoms with Crippen molar-refractivity contribution in [2.24, 2.45) is 0 Å². The monoisotopic (exact) mass is 219 g/mol. The average Bonchev–Trinajstić information content (AvgIpc) is 2.28. The first-order valence-electron chi connectivity index (χ1n) is 4.43. The Balaban J connectivity index is 2.88. The van der Waals surface area contributed by atoms with E-state index in [1.165, 1.54) is 0 Å². The Morgan fingerprint density at radius 1 is 1.40 bits per heavy atom. The van der Waals surface area contributed by atoms with Gasteiger partial charge in [0.05, 0.1) is 17.3 Å². The van der Waals surface area contributed by atoms with Gasteiger partial charge in [-0.25, -0.2) is 0 Å². The lowest BCUT2D eigenvalue weighted by atomic mass is 10.2. The average molecular weight is 220 g/mol. The van der Waals surface area contributed by atoms with Crippen LogP contribution in [0.15, 0.2) is 24.3 Å². The van der Waals surface area contributed by atoms with Gasteiger partial charge < -0.3 is 4.90 Å². The zero-order chi connectivity index (χ0) is 11.3. The Labute approximate surface area is 94.1 Å². The summed E-state index contributed by atoms with van der Waals surface area (Å²) in [4.78, 5) is 1.80. The molecule has 0 aliphatic heterocycles. The summed E-state index contributed by atoms with van der Waals surface area (Å²) in [6.07, 6.45) is 0. The summed E-state index contributed by atoms with van der Waals surface area (Å²) >= 11 is 5.72. The van der Waals surface area contributed by atoms with Gasteiger partial charge in [-0.2, -0.15) is 10.5 Å². The summed E-state index contributed by atoms with van der Waals surface area (Å²) in [6, 6.07) is 11.3. The molecule has 0 aromatic heterocycles. The van der Waals surface area contributed by atoms with Crippen LogP contribution >= 0.6 is 11.6 Å². The molecule has 0 saturated heterocycles. The van der Waals surface area contributed by atoms with Crippen molar-refractivity contribution in [3.05, 3.63) is 29.8 Å². The first kappa shape index (κ1) is 11.4. The van der Waals surface area contributed by atoms with Crippen molar-refractivity contribution in [3.63, 3.8) is 0 Å². The van der Waals surface area contributed by atoms with Crippen LogP contribution in [-0.4, -0.2) is 19.0 Å². The number of halogens is 1. The van der Waals surface area contributed by atoms with Crippen molar-refractivity contribution in [2.75, 3.05) is 18.5 Å². The maximum absolute atomic E-state index is 8.88. The van der Waals surface area contributed by atoms with Crippen molar-refractivity contribution in [1.82, 2.24) is 0 Å². The molecule has 15 heavy (non-hydrogen) atoms. The summed E-state index contributed by atoms with van der Waals surface area (Å²) in [7, 11) is 1.81. The van der Waals surface area contributed by atoms with Crippen LogP contribution in [0.2, 0.25) is 0 Å². The quantitative estimate of drug-likeness (QED) is 0.732. The van der Waals surface area contributed by atoms with Crippen molar-refractivity contribution >= 4 is 17.3 Å². The molecule has 0 aliphatic carbocycles. The van der Waals surface area contributed by atoms with Gasteiger partial charge in [-0.1, -0.05) is 12.1 Å². The van der Waals surface area contributed by atoms with Crippen molar-refractivity contribution in [3.8, 4) is 12.1 Å². The Morgan fingerprint density at radius 2 is 2.07 bits per heavy atom. The molecule has 0 bridgehead atoms. The molecule has 0 saturated carbocycles. The third-order valence-electron chi connectivity index (χ3n) is 2.01. The van der Waals surface area contributed by atoms with Gasteiger partial charge in [0.2, 0.25) is 0 Å². The van der Waals surface area contributed by atoms with E-state index in [4.69, 9.17) is 22.1 Å². The van der Waals surface area contributed by atoms with Gasteiger partial charge in [-0.15, -0.1) is 11.6 Å². The molecule has 3 nitrogen and oxygen atoms in total. The lowest BCUT2D eigenvalue weighted by Gasteiger charge is -2.20. The van der Waals surface area contributed by atoms with Gasteiger partial charge in [0.15, 0.2) is 0 Å². The number of alkyl halides is 1. The minimum absolute atomic E-state index is 0.400. The smallest absolute Gasteiger partial charge is 0.137 e. The standard InChI is InChI=1S/C11H10ClN3/c1-15(8-10(12)7-14)11-5-3-2-4-9(11)6-13/h2-5,10H,8H2,1H3. The van der Waals surface area contributed by atoms with Crippen LogP contribution in [0.5, 0.6) is 0 Å². The molecule has 1 aromatic rings. The van der Waals surface area contributed by atoms with Crippen LogP contribution < -0.4 is 4.90 Å². The van der Waals surface area contributed by atoms with Gasteiger partial charge in [-0.05, 0) is 12.1 Å². The Morgan fingerprint density at radius 3 is 2.67 bits per heavy atom. The second kappa shape index (κ2) is 5.24. The Bertz CT molecular complexity index is 417. The molecule has 0 spiro atoms. The van der Waals surface area contributed by atoms with E-state index in [0.29, 0.717) is 12.1 Å². The summed E-state index contributed by atoms with van der Waals surface area (Å²) < 4.78 is 0. The van der Waals surface area contributed by atoms with E-state index < -0.39 is 5.38 Å². The molecule has 4 heteroatoms. The molecular formula is C11H10ClN3. The van der Waals surface area contributed by atoms with Crippen molar-refractivity contribution in [1.29, 1.82) is 10.5 Å². The fourth-order valence-electron chi connectivity index (χ4n) is 1.28. The second-order valence-corrected chi connectivity index (χ2v) is 3.63. The third-order valence-corrected chi connectivity index (χ3v) is 2.25. The summed E-state index contributed by atoms with van der Waals surface area (Å²) in [5, 5.41) is 16.9. The highest BCUT2D eigenvalue weighted by atomic mass is 35.5. The predicted octanol–water partition coefficient (Wildman–Crippen LogP) is 2.13. The van der Waals surface area contributed by atoms with E-state index in [1.54, 1.807) is 17.0 Å². The van der Waals surface area contributed by atoms with Crippen LogP contribution in [0, 0.1) is 22.7 Å². The van der Waals surface area contributed by atoms with Crippen LogP contribution in [-0.2, 0) is 0 Å². The maximum Gasteiger partial charge on any atom is 0.137 e. The van der Waals surface area contributed by atoms with Gasteiger partial charge in [-0.3, -0.25) is 0 Å². The summed E-state index contributed by atoms with van der Waals surface area (Å²) in [5.41, 5.74) is 1.38. The molecular weight excluding hydrogens is 210 g/mol. The Hall–Kier alpha value is -1.71. The number of hydrogen-bond acceptors (Lipinski definition) is 3. The zero-order valence-corrected chi connectivity index (χ0v) is 9.07. The molecule has 0 radical (unpaired) electrons. The molecule has 0 N–H and O–H groups in total. The minimum atomic E-state index is -0.568. The largest absolute Gasteiger partial charge is 0.371 e. The minimum Gasteiger partial charge on any atom is -0.371 e. The molecule has 1 rings (SSSR count). The third kappa shape index (κ3) is 2.87. The van der Waals surface area contributed by atoms with E-state index in [-0.39, 0.29) is 0 Å². The van der Waals surface area contributed by atoms with Crippen LogP contribution in [0.3, 0.4) is 0 Å². The van der Waals surface area contributed by atoms with Gasteiger partial charge in [0.1, 0.15) is 11.4 Å². The van der Waals surface area contributed by atoms with Crippen molar-refractivity contribution < 1.29 is 0 Å². The predicted molar refractivity (Wildman–Crippen MR) is 59.7 cm³/mol. The Kier molecular flexibility index (Phi) is 3.97. The molecule has 1 aromatic carbocycles. The summed E-state index contributed by atoms with van der Waals surface area (Å²) in [5.74, 6) is 0. The fraction of sp³-hybridized carbons (Fsp3) is 0.273. The SMILES string of the molecule is CN(CC(Cl)C#N)c1ccccc1C#N. The number of rotatable bonds is 3. The van der Waals surface area contributed by atoms with E-state index in [9.17, 15) is 0 Å². The molecule has 0 heterocycles. The fourth-order valence-corrected chi connectivity index (χ4v) is 1.49. The normalized spacial score (nSPS) is 11.2. The molecule has 0 amide bonds. The molecule has 0 aliphatic rings. The number of para-hydroxylation sites is 1. The first-order valence-corrected chi connectivity index (χ1v) is 4.86. The lowest BCUT2D eigenvalue weighted by Crippen LogP contribution is -2.25. The topological polar surface area (TPSA) is 50.8 Å². The van der Waals surface area contributed by atoms with E-state index in [1.807, 2.05) is 25.2 Å². The highest BCUT2D eigenvalue weighted by Crippen LogP contribution is 2.18. The molecule has 76 valence electrons. The van der Waals surface area contributed by atoms with E-state index in [2.05, 4.69) is 6.07 Å². The first-order chi connectivity index (χ1) is 7.19. The number of anilines is 1. The van der Waals surface area contributed by atoms with Crippen LogP contribution in [0.25, 0.3) is 0 Å². The number of benzene rings is 1. The van der Waals surface area contributed by atoms with E-state index in [0.717, 1.165) is 5.69 Å². The number of nitrogens with zero attached hydrogens (tertiary/aromatic N) is 3. The molecule has 0 fully saturated rings. The van der Waals surface area contributed by atoms with Crippen molar-refractivity contribution in [2.45, 2.75) is 5.38 Å². The molecule has 1 unspecified atom stereocenters. The van der Waals surface area contributed by atoms with E-state index >= 15 is 0 Å². The lowest BCUT2D eigenvalue weighted by molar-refractivity contribution is 0.909. The van der Waals surface area contributed by atoms with Gasteiger partial charge in [0.25, 0.3) is 0 Å².